The zero-order valence-electron chi connectivity index (χ0n) is 25.5. The van der Waals surface area contributed by atoms with E-state index in [1.165, 1.54) is 10.9 Å². The molecule has 11 heteroatoms. The fraction of sp³-hybridized carbons (Fsp3) is 0.533. The Hall–Kier alpha value is -3.44. The third-order valence-electron chi connectivity index (χ3n) is 7.95. The van der Waals surface area contributed by atoms with Crippen LogP contribution in [0.4, 0.5) is 16.4 Å². The van der Waals surface area contributed by atoms with Crippen molar-refractivity contribution in [3.8, 4) is 5.75 Å². The van der Waals surface area contributed by atoms with Crippen LogP contribution in [0.1, 0.15) is 78.5 Å². The third kappa shape index (κ3) is 6.73. The van der Waals surface area contributed by atoms with Crippen LogP contribution in [0.25, 0.3) is 10.9 Å². The maximum absolute atomic E-state index is 13.6. The number of fused-ring (bicyclic) bond motifs is 1. The van der Waals surface area contributed by atoms with E-state index in [0.717, 1.165) is 18.2 Å². The van der Waals surface area contributed by atoms with E-state index in [1.807, 2.05) is 18.2 Å². The SMILES string of the molecule is CC(C)(C)OC(=O)n1c(C(=N)c2c(N)ncnc2NC2CCC(O)CC2)cc2cc(O[Si](C)(C)C(C)(C)C)ccc21. The van der Waals surface area contributed by atoms with E-state index in [2.05, 4.69) is 49.1 Å². The zero-order chi connectivity index (χ0) is 30.3. The van der Waals surface area contributed by atoms with E-state index in [4.69, 9.17) is 14.9 Å². The second kappa shape index (κ2) is 11.1. The van der Waals surface area contributed by atoms with Crippen molar-refractivity contribution in [2.75, 3.05) is 11.1 Å². The van der Waals surface area contributed by atoms with Gasteiger partial charge in [0.15, 0.2) is 0 Å². The summed E-state index contributed by atoms with van der Waals surface area (Å²) in [6.45, 7) is 16.3. The summed E-state index contributed by atoms with van der Waals surface area (Å²) in [5.41, 5.74) is 6.79. The van der Waals surface area contributed by atoms with Gasteiger partial charge in [0.05, 0.1) is 28.6 Å². The van der Waals surface area contributed by atoms with Gasteiger partial charge in [0.25, 0.3) is 0 Å². The minimum atomic E-state index is -2.11. The Morgan fingerprint density at radius 3 is 2.37 bits per heavy atom. The van der Waals surface area contributed by atoms with Gasteiger partial charge in [0.1, 0.15) is 29.3 Å². The van der Waals surface area contributed by atoms with Gasteiger partial charge in [-0.1, -0.05) is 20.8 Å². The Morgan fingerprint density at radius 1 is 1.10 bits per heavy atom. The Morgan fingerprint density at radius 2 is 1.76 bits per heavy atom. The van der Waals surface area contributed by atoms with Crippen molar-refractivity contribution in [1.82, 2.24) is 14.5 Å². The molecule has 5 N–H and O–H groups in total. The molecule has 2 heterocycles. The molecule has 1 aliphatic rings. The fourth-order valence-corrected chi connectivity index (χ4v) is 5.71. The molecule has 0 spiro atoms. The molecule has 3 aromatic rings. The first-order valence-electron chi connectivity index (χ1n) is 14.2. The number of anilines is 2. The molecule has 1 aliphatic carbocycles. The van der Waals surface area contributed by atoms with Crippen LogP contribution >= 0.6 is 0 Å². The zero-order valence-corrected chi connectivity index (χ0v) is 26.5. The van der Waals surface area contributed by atoms with Crippen LogP contribution in [0.2, 0.25) is 18.1 Å². The Labute approximate surface area is 243 Å². The van der Waals surface area contributed by atoms with Gasteiger partial charge in [-0.25, -0.2) is 19.3 Å². The molecule has 0 bridgehead atoms. The summed E-state index contributed by atoms with van der Waals surface area (Å²) < 4.78 is 13.7. The van der Waals surface area contributed by atoms with Crippen LogP contribution in [-0.2, 0) is 4.74 Å². The van der Waals surface area contributed by atoms with E-state index in [-0.39, 0.29) is 28.7 Å². The molecule has 0 radical (unpaired) electrons. The van der Waals surface area contributed by atoms with Crippen molar-refractivity contribution in [2.45, 2.75) is 103 Å². The van der Waals surface area contributed by atoms with Crippen molar-refractivity contribution in [2.24, 2.45) is 0 Å². The van der Waals surface area contributed by atoms with Crippen LogP contribution in [0.3, 0.4) is 0 Å². The monoisotopic (exact) mass is 580 g/mol. The van der Waals surface area contributed by atoms with Gasteiger partial charge >= 0.3 is 6.09 Å². The number of nitrogens with one attached hydrogen (secondary N) is 2. The molecule has 0 amide bonds. The summed E-state index contributed by atoms with van der Waals surface area (Å²) in [6, 6.07) is 7.46. The third-order valence-corrected chi connectivity index (χ3v) is 12.3. The Bertz CT molecular complexity index is 1450. The molecule has 4 rings (SSSR count). The summed E-state index contributed by atoms with van der Waals surface area (Å²) in [6.07, 6.45) is 3.39. The molecule has 1 fully saturated rings. The lowest BCUT2D eigenvalue weighted by atomic mass is 9.93. The van der Waals surface area contributed by atoms with Gasteiger partial charge in [0.2, 0.25) is 8.32 Å². The van der Waals surface area contributed by atoms with E-state index in [9.17, 15) is 15.3 Å². The largest absolute Gasteiger partial charge is 0.543 e. The van der Waals surface area contributed by atoms with E-state index in [0.29, 0.717) is 41.2 Å². The van der Waals surface area contributed by atoms with Gasteiger partial charge in [-0.2, -0.15) is 0 Å². The number of aliphatic hydroxyl groups is 1. The molecule has 222 valence electrons. The van der Waals surface area contributed by atoms with Crippen LogP contribution in [0.5, 0.6) is 5.75 Å². The molecule has 1 aromatic carbocycles. The number of benzene rings is 1. The van der Waals surface area contributed by atoms with Gasteiger partial charge in [-0.3, -0.25) is 5.41 Å². The predicted molar refractivity (Wildman–Crippen MR) is 166 cm³/mol. The smallest absolute Gasteiger partial charge is 0.419 e. The molecule has 2 aromatic heterocycles. The number of ether oxygens (including phenoxy) is 1. The quantitative estimate of drug-likeness (QED) is 0.196. The second-order valence-electron chi connectivity index (χ2n) is 13.4. The first-order valence-corrected chi connectivity index (χ1v) is 17.1. The minimum absolute atomic E-state index is 0.00429. The number of aromatic nitrogens is 3. The minimum Gasteiger partial charge on any atom is -0.543 e. The normalized spacial score (nSPS) is 18.3. The molecule has 0 atom stereocenters. The highest BCUT2D eigenvalue weighted by molar-refractivity contribution is 6.74. The topological polar surface area (TPSA) is 148 Å². The molecular weight excluding hydrogens is 536 g/mol. The highest BCUT2D eigenvalue weighted by atomic mass is 28.4. The predicted octanol–water partition coefficient (Wildman–Crippen LogP) is 6.31. The number of nitrogens with zero attached hydrogens (tertiary/aromatic N) is 3. The number of hydrogen-bond acceptors (Lipinski definition) is 9. The number of hydrogen-bond donors (Lipinski definition) is 4. The lowest BCUT2D eigenvalue weighted by Crippen LogP contribution is -2.43. The first kappa shape index (κ1) is 30.5. The van der Waals surface area contributed by atoms with E-state index < -0.39 is 20.0 Å². The average Bonchev–Trinajstić information content (AvgIpc) is 3.22. The Balaban J connectivity index is 1.80. The summed E-state index contributed by atoms with van der Waals surface area (Å²) in [4.78, 5) is 22.2. The second-order valence-corrected chi connectivity index (χ2v) is 18.2. The Kier molecular flexibility index (Phi) is 8.25. The lowest BCUT2D eigenvalue weighted by Gasteiger charge is -2.36. The van der Waals surface area contributed by atoms with Crippen molar-refractivity contribution in [3.63, 3.8) is 0 Å². The lowest BCUT2D eigenvalue weighted by molar-refractivity contribution is 0.0543. The van der Waals surface area contributed by atoms with Crippen LogP contribution in [0, 0.1) is 5.41 Å². The van der Waals surface area contributed by atoms with Crippen molar-refractivity contribution >= 4 is 42.7 Å². The standard InChI is InChI=1S/C30H44N6O4Si/c1-29(2,3)39-28(38)36-22-14-13-21(40-41(7,8)30(4,5)6)15-18(22)16-23(36)25(31)24-26(32)33-17-34-27(24)35-19-9-11-20(37)12-10-19/h13-17,19-20,31,37H,9-12H2,1-8H3,(H3,32,33,34,35). The molecule has 41 heavy (non-hydrogen) atoms. The molecule has 0 saturated heterocycles. The van der Waals surface area contributed by atoms with Crippen LogP contribution < -0.4 is 15.5 Å². The summed E-state index contributed by atoms with van der Waals surface area (Å²) >= 11 is 0. The molecule has 0 aliphatic heterocycles. The molecule has 10 nitrogen and oxygen atoms in total. The number of nitrogen functional groups attached to an aromatic ring is 1. The van der Waals surface area contributed by atoms with Gasteiger partial charge in [-0.15, -0.1) is 0 Å². The molecule has 1 saturated carbocycles. The number of carbonyl (C=O) groups is 1. The maximum atomic E-state index is 13.6. The number of rotatable bonds is 6. The van der Waals surface area contributed by atoms with Gasteiger partial charge in [0, 0.05) is 11.4 Å². The van der Waals surface area contributed by atoms with Crippen LogP contribution in [0.15, 0.2) is 30.6 Å². The van der Waals surface area contributed by atoms with Crippen molar-refractivity contribution in [3.05, 3.63) is 41.9 Å². The molecule has 0 unspecified atom stereocenters. The highest BCUT2D eigenvalue weighted by Gasteiger charge is 2.39. The van der Waals surface area contributed by atoms with E-state index in [1.54, 1.807) is 26.8 Å². The number of aliphatic hydroxyl groups excluding tert-OH is 1. The van der Waals surface area contributed by atoms with E-state index >= 15 is 0 Å². The van der Waals surface area contributed by atoms with Crippen molar-refractivity contribution in [1.29, 1.82) is 5.41 Å². The first-order chi connectivity index (χ1) is 19.0. The van der Waals surface area contributed by atoms with Crippen LogP contribution in [-0.4, -0.2) is 57.5 Å². The number of carbonyl (C=O) groups excluding carboxylic acids is 1. The van der Waals surface area contributed by atoms with Crippen molar-refractivity contribution < 1.29 is 19.1 Å². The molecular formula is C30H44N6O4Si. The maximum Gasteiger partial charge on any atom is 0.419 e. The fourth-order valence-electron chi connectivity index (χ4n) is 4.69. The number of nitrogens with two attached hydrogens (primary N) is 1. The highest BCUT2D eigenvalue weighted by Crippen LogP contribution is 2.38. The summed E-state index contributed by atoms with van der Waals surface area (Å²) in [5.74, 6) is 1.27. The summed E-state index contributed by atoms with van der Waals surface area (Å²) in [5, 5.41) is 23.4. The van der Waals surface area contributed by atoms with Gasteiger partial charge < -0.3 is 25.3 Å². The average molecular weight is 581 g/mol. The van der Waals surface area contributed by atoms with Gasteiger partial charge in [-0.05, 0) is 88.9 Å². The summed E-state index contributed by atoms with van der Waals surface area (Å²) in [7, 11) is -2.11.